The molecule has 1 N–H and O–H groups in total. The van der Waals surface area contributed by atoms with E-state index in [1.165, 1.54) is 28.8 Å². The highest BCUT2D eigenvalue weighted by Gasteiger charge is 2.14. The van der Waals surface area contributed by atoms with Crippen molar-refractivity contribution in [2.24, 2.45) is 7.05 Å². The van der Waals surface area contributed by atoms with Gasteiger partial charge in [0.05, 0.1) is 4.90 Å². The molecule has 0 saturated heterocycles. The lowest BCUT2D eigenvalue weighted by Crippen LogP contribution is -2.28. The predicted molar refractivity (Wildman–Crippen MR) is 77.2 cm³/mol. The molecule has 1 heterocycles. The molecule has 7 heteroatoms. The van der Waals surface area contributed by atoms with Gasteiger partial charge in [-0.25, -0.2) is 13.1 Å². The molecule has 0 fully saturated rings. The van der Waals surface area contributed by atoms with Crippen LogP contribution < -0.4 is 10.3 Å². The average Bonchev–Trinajstić information content (AvgIpc) is 2.41. The van der Waals surface area contributed by atoms with E-state index in [1.807, 2.05) is 0 Å². The van der Waals surface area contributed by atoms with Crippen molar-refractivity contribution in [1.29, 1.82) is 0 Å². The first-order valence-corrected chi connectivity index (χ1v) is 7.66. The molecule has 106 valence electrons. The number of benzene rings is 1. The maximum Gasteiger partial charge on any atom is 0.254 e. The van der Waals surface area contributed by atoms with Gasteiger partial charge < -0.3 is 4.57 Å². The van der Waals surface area contributed by atoms with Crippen LogP contribution in [-0.2, 0) is 23.6 Å². The Labute approximate surface area is 121 Å². The third-order valence-electron chi connectivity index (χ3n) is 2.78. The van der Waals surface area contributed by atoms with Gasteiger partial charge in [-0.1, -0.05) is 17.7 Å². The molecule has 0 spiro atoms. The summed E-state index contributed by atoms with van der Waals surface area (Å²) >= 11 is 5.71. The van der Waals surface area contributed by atoms with E-state index < -0.39 is 10.0 Å². The molecule has 2 rings (SSSR count). The number of hydrogen-bond donors (Lipinski definition) is 1. The number of nitrogens with zero attached hydrogens (tertiary/aromatic N) is 1. The van der Waals surface area contributed by atoms with E-state index in [-0.39, 0.29) is 17.0 Å². The second-order valence-corrected chi connectivity index (χ2v) is 6.43. The summed E-state index contributed by atoms with van der Waals surface area (Å²) in [5, 5.41) is 0.459. The highest BCUT2D eigenvalue weighted by atomic mass is 35.5. The predicted octanol–water partition coefficient (Wildman–Crippen LogP) is 1.52. The lowest BCUT2D eigenvalue weighted by atomic mass is 10.3. The first-order chi connectivity index (χ1) is 9.40. The standard InChI is InChI=1S/C13H13ClN2O3S/c1-16-8-2-3-10(13(16)17)9-15-20(18,19)12-6-4-11(14)5-7-12/h2-8,15H,9H2,1H3. The third kappa shape index (κ3) is 3.27. The van der Waals surface area contributed by atoms with Crippen LogP contribution in [0.15, 0.2) is 52.3 Å². The zero-order chi connectivity index (χ0) is 14.8. The molecule has 0 aliphatic heterocycles. The number of aromatic nitrogens is 1. The van der Waals surface area contributed by atoms with Crippen molar-refractivity contribution in [2.45, 2.75) is 11.4 Å². The molecule has 0 unspecified atom stereocenters. The molecule has 0 aliphatic carbocycles. The van der Waals surface area contributed by atoms with E-state index in [1.54, 1.807) is 25.4 Å². The summed E-state index contributed by atoms with van der Waals surface area (Å²) in [7, 11) is -2.05. The van der Waals surface area contributed by atoms with Crippen LogP contribution in [0.1, 0.15) is 5.56 Å². The van der Waals surface area contributed by atoms with E-state index in [0.29, 0.717) is 10.6 Å². The van der Waals surface area contributed by atoms with Crippen molar-refractivity contribution in [3.63, 3.8) is 0 Å². The van der Waals surface area contributed by atoms with Crippen molar-refractivity contribution in [2.75, 3.05) is 0 Å². The van der Waals surface area contributed by atoms with Crippen LogP contribution in [0.4, 0.5) is 0 Å². The van der Waals surface area contributed by atoms with Gasteiger partial charge in [0.1, 0.15) is 0 Å². The number of pyridine rings is 1. The van der Waals surface area contributed by atoms with Crippen LogP contribution in [0.2, 0.25) is 5.02 Å². The maximum atomic E-state index is 12.0. The Morgan fingerprint density at radius 1 is 1.20 bits per heavy atom. The molecule has 0 saturated carbocycles. The second-order valence-electron chi connectivity index (χ2n) is 4.23. The second kappa shape index (κ2) is 5.78. The zero-order valence-corrected chi connectivity index (χ0v) is 12.3. The molecule has 2 aromatic rings. The third-order valence-corrected chi connectivity index (χ3v) is 4.45. The smallest absolute Gasteiger partial charge is 0.254 e. The van der Waals surface area contributed by atoms with Gasteiger partial charge in [-0.2, -0.15) is 0 Å². The zero-order valence-electron chi connectivity index (χ0n) is 10.7. The lowest BCUT2D eigenvalue weighted by molar-refractivity contribution is 0.580. The van der Waals surface area contributed by atoms with E-state index in [9.17, 15) is 13.2 Å². The van der Waals surface area contributed by atoms with Gasteiger partial charge in [-0.3, -0.25) is 4.79 Å². The monoisotopic (exact) mass is 312 g/mol. The van der Waals surface area contributed by atoms with E-state index in [2.05, 4.69) is 4.72 Å². The van der Waals surface area contributed by atoms with Crippen LogP contribution in [0.25, 0.3) is 0 Å². The summed E-state index contributed by atoms with van der Waals surface area (Å²) in [6, 6.07) is 9.09. The summed E-state index contributed by atoms with van der Waals surface area (Å²) < 4.78 is 27.9. The summed E-state index contributed by atoms with van der Waals surface area (Å²) in [6.45, 7) is -0.0571. The van der Waals surface area contributed by atoms with Crippen molar-refractivity contribution in [3.8, 4) is 0 Å². The number of halogens is 1. The van der Waals surface area contributed by atoms with Crippen LogP contribution in [0.5, 0.6) is 0 Å². The quantitative estimate of drug-likeness (QED) is 0.930. The van der Waals surface area contributed by atoms with Crippen molar-refractivity contribution in [1.82, 2.24) is 9.29 Å². The largest absolute Gasteiger partial charge is 0.318 e. The van der Waals surface area contributed by atoms with Gasteiger partial charge >= 0.3 is 0 Å². The topological polar surface area (TPSA) is 68.2 Å². The highest BCUT2D eigenvalue weighted by molar-refractivity contribution is 7.89. The first kappa shape index (κ1) is 14.8. The fraction of sp³-hybridized carbons (Fsp3) is 0.154. The Morgan fingerprint density at radius 2 is 1.85 bits per heavy atom. The maximum absolute atomic E-state index is 12.0. The Kier molecular flexibility index (Phi) is 4.27. The number of aryl methyl sites for hydroxylation is 1. The molecule has 0 bridgehead atoms. The molecule has 20 heavy (non-hydrogen) atoms. The van der Waals surface area contributed by atoms with E-state index >= 15 is 0 Å². The Morgan fingerprint density at radius 3 is 2.50 bits per heavy atom. The number of sulfonamides is 1. The molecule has 5 nitrogen and oxygen atoms in total. The Balaban J connectivity index is 2.19. The van der Waals surface area contributed by atoms with Gasteiger partial charge in [-0.05, 0) is 30.3 Å². The Hall–Kier alpha value is -1.63. The van der Waals surface area contributed by atoms with E-state index in [0.717, 1.165) is 0 Å². The molecular weight excluding hydrogens is 300 g/mol. The van der Waals surface area contributed by atoms with Gasteiger partial charge in [0.25, 0.3) is 5.56 Å². The van der Waals surface area contributed by atoms with Crippen LogP contribution in [0, 0.1) is 0 Å². The van der Waals surface area contributed by atoms with Crippen molar-refractivity contribution in [3.05, 3.63) is 63.5 Å². The summed E-state index contributed by atoms with van der Waals surface area (Å²) in [5.41, 5.74) is 0.152. The van der Waals surface area contributed by atoms with Crippen LogP contribution in [0.3, 0.4) is 0 Å². The summed E-state index contributed by atoms with van der Waals surface area (Å²) in [4.78, 5) is 11.9. The number of rotatable bonds is 4. The summed E-state index contributed by atoms with van der Waals surface area (Å²) in [6.07, 6.45) is 1.61. The Bertz CT molecular complexity index is 767. The van der Waals surface area contributed by atoms with Gasteiger partial charge in [-0.15, -0.1) is 0 Å². The molecule has 1 aromatic carbocycles. The fourth-order valence-electron chi connectivity index (χ4n) is 1.66. The summed E-state index contributed by atoms with van der Waals surface area (Å²) in [5.74, 6) is 0. The van der Waals surface area contributed by atoms with Crippen LogP contribution >= 0.6 is 11.6 Å². The minimum absolute atomic E-state index is 0.0571. The van der Waals surface area contributed by atoms with Crippen molar-refractivity contribution >= 4 is 21.6 Å². The molecule has 0 aliphatic rings. The highest BCUT2D eigenvalue weighted by Crippen LogP contribution is 2.13. The van der Waals surface area contributed by atoms with E-state index in [4.69, 9.17) is 11.6 Å². The fourth-order valence-corrected chi connectivity index (χ4v) is 2.79. The minimum Gasteiger partial charge on any atom is -0.318 e. The lowest BCUT2D eigenvalue weighted by Gasteiger charge is -2.07. The van der Waals surface area contributed by atoms with Crippen molar-refractivity contribution < 1.29 is 8.42 Å². The number of nitrogens with one attached hydrogen (secondary N) is 1. The minimum atomic E-state index is -3.66. The van der Waals surface area contributed by atoms with Gasteiger partial charge in [0.15, 0.2) is 0 Å². The number of hydrogen-bond acceptors (Lipinski definition) is 3. The molecule has 0 atom stereocenters. The average molecular weight is 313 g/mol. The SMILES string of the molecule is Cn1cccc(CNS(=O)(=O)c2ccc(Cl)cc2)c1=O. The van der Waals surface area contributed by atoms with Crippen LogP contribution in [-0.4, -0.2) is 13.0 Å². The normalized spacial score (nSPS) is 11.5. The molecule has 0 radical (unpaired) electrons. The molecular formula is C13H13ClN2O3S. The van der Waals surface area contributed by atoms with Gasteiger partial charge in [0, 0.05) is 30.4 Å². The first-order valence-electron chi connectivity index (χ1n) is 5.80. The molecule has 0 amide bonds. The van der Waals surface area contributed by atoms with Gasteiger partial charge in [0.2, 0.25) is 10.0 Å². The molecule has 1 aromatic heterocycles.